The van der Waals surface area contributed by atoms with Gasteiger partial charge < -0.3 is 9.90 Å². The number of rotatable bonds is 5. The van der Waals surface area contributed by atoms with Gasteiger partial charge >= 0.3 is 0 Å². The zero-order valence-electron chi connectivity index (χ0n) is 9.09. The molecule has 0 heterocycles. The van der Waals surface area contributed by atoms with Crippen molar-refractivity contribution < 1.29 is 18.3 Å². The summed E-state index contributed by atoms with van der Waals surface area (Å²) in [6.07, 6.45) is 0. The highest BCUT2D eigenvalue weighted by Gasteiger charge is 2.18. The second kappa shape index (κ2) is 5.78. The fourth-order valence-corrected chi connectivity index (χ4v) is 2.96. The zero-order chi connectivity index (χ0) is 13.1. The molecule has 0 saturated heterocycles. The van der Waals surface area contributed by atoms with Gasteiger partial charge in [0.1, 0.15) is 0 Å². The van der Waals surface area contributed by atoms with Gasteiger partial charge in [-0.2, -0.15) is 4.31 Å². The summed E-state index contributed by atoms with van der Waals surface area (Å²) >= 11 is 2.08. The Labute approximate surface area is 114 Å². The van der Waals surface area contributed by atoms with Gasteiger partial charge in [0.2, 0.25) is 10.0 Å². The van der Waals surface area contributed by atoms with Crippen molar-refractivity contribution in [1.82, 2.24) is 4.31 Å². The normalized spacial score (nSPS) is 11.7. The van der Waals surface area contributed by atoms with Crippen molar-refractivity contribution >= 4 is 38.6 Å². The molecule has 0 radical (unpaired) electrons. The standard InChI is InChI=1S/C10H12INO4S/c1-12(6-10(13)14)17(15,16)7-8-3-2-4-9(11)5-8/h2-5H,6-7H2,1H3,(H,13,14)/p-1. The molecule has 0 aliphatic heterocycles. The van der Waals surface area contributed by atoms with Crippen molar-refractivity contribution in [2.75, 3.05) is 13.6 Å². The topological polar surface area (TPSA) is 77.5 Å². The van der Waals surface area contributed by atoms with Crippen LogP contribution in [0.4, 0.5) is 0 Å². The van der Waals surface area contributed by atoms with Gasteiger partial charge in [-0.05, 0) is 40.3 Å². The van der Waals surface area contributed by atoms with Gasteiger partial charge in [0.15, 0.2) is 0 Å². The molecule has 0 fully saturated rings. The molecule has 7 heteroatoms. The molecule has 0 N–H and O–H groups in total. The number of sulfonamides is 1. The molecule has 0 aliphatic rings. The molecule has 0 unspecified atom stereocenters. The van der Waals surface area contributed by atoms with Crippen LogP contribution < -0.4 is 5.11 Å². The first-order valence-electron chi connectivity index (χ1n) is 4.69. The molecular weight excluding hydrogens is 357 g/mol. The second-order valence-electron chi connectivity index (χ2n) is 3.51. The Morgan fingerprint density at radius 2 is 2.12 bits per heavy atom. The Morgan fingerprint density at radius 1 is 1.47 bits per heavy atom. The lowest BCUT2D eigenvalue weighted by Gasteiger charge is -2.17. The van der Waals surface area contributed by atoms with Crippen LogP contribution in [0.15, 0.2) is 24.3 Å². The van der Waals surface area contributed by atoms with Crippen molar-refractivity contribution in [3.05, 3.63) is 33.4 Å². The molecule has 0 amide bonds. The molecule has 0 aromatic heterocycles. The first-order chi connectivity index (χ1) is 7.81. The fourth-order valence-electron chi connectivity index (χ4n) is 1.23. The third kappa shape index (κ3) is 4.60. The highest BCUT2D eigenvalue weighted by molar-refractivity contribution is 14.1. The van der Waals surface area contributed by atoms with E-state index in [4.69, 9.17) is 0 Å². The van der Waals surface area contributed by atoms with Crippen LogP contribution in [0, 0.1) is 3.57 Å². The summed E-state index contributed by atoms with van der Waals surface area (Å²) in [7, 11) is -2.39. The van der Waals surface area contributed by atoms with Crippen LogP contribution in [-0.2, 0) is 20.6 Å². The van der Waals surface area contributed by atoms with Gasteiger partial charge in [-0.25, -0.2) is 8.42 Å². The first kappa shape index (κ1) is 14.4. The van der Waals surface area contributed by atoms with Gasteiger partial charge in [-0.1, -0.05) is 12.1 Å². The molecule has 0 saturated carbocycles. The van der Waals surface area contributed by atoms with E-state index in [2.05, 4.69) is 22.6 Å². The van der Waals surface area contributed by atoms with Crippen molar-refractivity contribution in [2.45, 2.75) is 5.75 Å². The number of benzene rings is 1. The number of halogens is 1. The van der Waals surface area contributed by atoms with Gasteiger partial charge in [0.05, 0.1) is 18.3 Å². The van der Waals surface area contributed by atoms with Crippen LogP contribution in [0.25, 0.3) is 0 Å². The maximum Gasteiger partial charge on any atom is 0.218 e. The number of carboxylic acids is 1. The van der Waals surface area contributed by atoms with E-state index in [9.17, 15) is 18.3 Å². The zero-order valence-corrected chi connectivity index (χ0v) is 12.1. The predicted octanol–water partition coefficient (Wildman–Crippen LogP) is -0.197. The number of carbonyl (C=O) groups excluding carboxylic acids is 1. The Bertz CT molecular complexity index is 515. The van der Waals surface area contributed by atoms with E-state index < -0.39 is 22.5 Å². The molecule has 0 bridgehead atoms. The van der Waals surface area contributed by atoms with E-state index in [0.29, 0.717) is 5.56 Å². The molecule has 1 aromatic carbocycles. The molecule has 17 heavy (non-hydrogen) atoms. The minimum absolute atomic E-state index is 0.215. The third-order valence-electron chi connectivity index (χ3n) is 2.06. The lowest BCUT2D eigenvalue weighted by atomic mass is 10.2. The summed E-state index contributed by atoms with van der Waals surface area (Å²) in [6.45, 7) is -0.633. The van der Waals surface area contributed by atoms with E-state index in [1.165, 1.54) is 7.05 Å². The van der Waals surface area contributed by atoms with Crippen molar-refractivity contribution in [1.29, 1.82) is 0 Å². The second-order valence-corrected chi connectivity index (χ2v) is 6.84. The summed E-state index contributed by atoms with van der Waals surface area (Å²) in [5.74, 6) is -1.63. The maximum absolute atomic E-state index is 11.8. The number of nitrogens with zero attached hydrogens (tertiary/aromatic N) is 1. The molecule has 1 rings (SSSR count). The number of hydrogen-bond acceptors (Lipinski definition) is 4. The maximum atomic E-state index is 11.8. The molecule has 5 nitrogen and oxygen atoms in total. The minimum Gasteiger partial charge on any atom is -0.549 e. The van der Waals surface area contributed by atoms with Crippen LogP contribution in [0.3, 0.4) is 0 Å². The molecular formula is C10H11INO4S-. The third-order valence-corrected chi connectivity index (χ3v) is 4.51. The highest BCUT2D eigenvalue weighted by Crippen LogP contribution is 2.12. The first-order valence-corrected chi connectivity index (χ1v) is 7.38. The Kier molecular flexibility index (Phi) is 4.90. The molecule has 0 atom stereocenters. The number of likely N-dealkylation sites (N-methyl/N-ethyl adjacent to an activating group) is 1. The van der Waals surface area contributed by atoms with Gasteiger partial charge in [0, 0.05) is 10.6 Å². The van der Waals surface area contributed by atoms with E-state index in [1.54, 1.807) is 18.2 Å². The van der Waals surface area contributed by atoms with E-state index in [0.717, 1.165) is 7.88 Å². The molecule has 0 spiro atoms. The number of aliphatic carboxylic acids is 1. The lowest BCUT2D eigenvalue weighted by molar-refractivity contribution is -0.305. The average molecular weight is 368 g/mol. The number of carbonyl (C=O) groups is 1. The van der Waals surface area contributed by atoms with E-state index in [1.807, 2.05) is 6.07 Å². The number of hydrogen-bond donors (Lipinski definition) is 0. The summed E-state index contributed by atoms with van der Waals surface area (Å²) in [5, 5.41) is 10.3. The van der Waals surface area contributed by atoms with Gasteiger partial charge in [-0.15, -0.1) is 0 Å². The lowest BCUT2D eigenvalue weighted by Crippen LogP contribution is -2.39. The van der Waals surface area contributed by atoms with Crippen LogP contribution in [0.5, 0.6) is 0 Å². The van der Waals surface area contributed by atoms with Gasteiger partial charge in [0.25, 0.3) is 0 Å². The van der Waals surface area contributed by atoms with Crippen LogP contribution in [-0.4, -0.2) is 32.3 Å². The minimum atomic E-state index is -3.62. The van der Waals surface area contributed by atoms with Crippen LogP contribution in [0.1, 0.15) is 5.56 Å². The largest absolute Gasteiger partial charge is 0.549 e. The number of carboxylic acid groups (broad SMARTS) is 1. The SMILES string of the molecule is CN(CC(=O)[O-])S(=O)(=O)Cc1cccc(I)c1. The van der Waals surface area contributed by atoms with Crippen molar-refractivity contribution in [3.63, 3.8) is 0 Å². The summed E-state index contributed by atoms with van der Waals surface area (Å²) in [6, 6.07) is 7.03. The van der Waals surface area contributed by atoms with Gasteiger partial charge in [-0.3, -0.25) is 0 Å². The van der Waals surface area contributed by atoms with E-state index in [-0.39, 0.29) is 5.75 Å². The van der Waals surface area contributed by atoms with Crippen LogP contribution in [0.2, 0.25) is 0 Å². The predicted molar refractivity (Wildman–Crippen MR) is 69.4 cm³/mol. The van der Waals surface area contributed by atoms with E-state index >= 15 is 0 Å². The Hall–Kier alpha value is -0.670. The smallest absolute Gasteiger partial charge is 0.218 e. The molecule has 1 aromatic rings. The highest BCUT2D eigenvalue weighted by atomic mass is 127. The quantitative estimate of drug-likeness (QED) is 0.675. The summed E-state index contributed by atoms with van der Waals surface area (Å²) < 4.78 is 25.3. The average Bonchev–Trinajstić information content (AvgIpc) is 2.15. The summed E-state index contributed by atoms with van der Waals surface area (Å²) in [5.41, 5.74) is 0.627. The fraction of sp³-hybridized carbons (Fsp3) is 0.300. The molecule has 94 valence electrons. The Balaban J connectivity index is 2.83. The van der Waals surface area contributed by atoms with Crippen LogP contribution >= 0.6 is 22.6 Å². The van der Waals surface area contributed by atoms with Crippen molar-refractivity contribution in [3.8, 4) is 0 Å². The summed E-state index contributed by atoms with van der Waals surface area (Å²) in [4.78, 5) is 10.3. The Morgan fingerprint density at radius 3 is 2.65 bits per heavy atom. The monoisotopic (exact) mass is 368 g/mol. The molecule has 0 aliphatic carbocycles. The van der Waals surface area contributed by atoms with Crippen molar-refractivity contribution in [2.24, 2.45) is 0 Å².